The first kappa shape index (κ1) is 110. The van der Waals surface area contributed by atoms with Crippen LogP contribution in [0.1, 0.15) is 156 Å². The van der Waals surface area contributed by atoms with Crippen LogP contribution in [0.15, 0.2) is 158 Å². The molecule has 720 valence electrons. The maximum atomic E-state index is 12.6. The molecule has 0 atom stereocenters. The fourth-order valence-electron chi connectivity index (χ4n) is 10.9. The lowest BCUT2D eigenvalue weighted by Crippen LogP contribution is -2.37. The third-order valence-corrected chi connectivity index (χ3v) is 19.5. The molecule has 0 bridgehead atoms. The Labute approximate surface area is 800 Å². The van der Waals surface area contributed by atoms with Crippen molar-refractivity contribution in [3.63, 3.8) is 0 Å². The number of hydrogen-bond donors (Lipinski definition) is 8. The number of aliphatic hydroxyl groups excluding tert-OH is 1. The van der Waals surface area contributed by atoms with Gasteiger partial charge in [-0.1, -0.05) is 75.0 Å². The van der Waals surface area contributed by atoms with Crippen molar-refractivity contribution in [3.8, 4) is 29.1 Å². The highest BCUT2D eigenvalue weighted by Crippen LogP contribution is 2.27. The quantitative estimate of drug-likeness (QED) is 0.00429. The highest BCUT2D eigenvalue weighted by atomic mass is 79.9. The monoisotopic (exact) mass is 1990 g/mol. The maximum absolute atomic E-state index is 12.6. The van der Waals surface area contributed by atoms with Gasteiger partial charge < -0.3 is 93.0 Å². The summed E-state index contributed by atoms with van der Waals surface area (Å²) in [7, 11) is 9.66. The number of halogens is 4. The number of carbonyl (C=O) groups is 10. The number of benzene rings is 2. The smallest absolute Gasteiger partial charge is 0.408 e. The summed E-state index contributed by atoms with van der Waals surface area (Å²) in [5.74, 6) is -1.52. The Morgan fingerprint density at radius 2 is 0.889 bits per heavy atom. The number of aryl methyl sites for hydroxylation is 3. The summed E-state index contributed by atoms with van der Waals surface area (Å²) in [5, 5.41) is 39.8. The lowest BCUT2D eigenvalue weighted by Gasteiger charge is -2.20. The van der Waals surface area contributed by atoms with Crippen molar-refractivity contribution >= 4 is 122 Å². The summed E-state index contributed by atoms with van der Waals surface area (Å²) < 4.78 is 60.2. The van der Waals surface area contributed by atoms with E-state index in [1.54, 1.807) is 165 Å². The van der Waals surface area contributed by atoms with Crippen LogP contribution in [-0.4, -0.2) is 235 Å². The van der Waals surface area contributed by atoms with Gasteiger partial charge in [0, 0.05) is 93.3 Å². The van der Waals surface area contributed by atoms with Gasteiger partial charge in [-0.05, 0) is 175 Å². The number of hydroxylamine groups is 1. The molecule has 3 aliphatic heterocycles. The summed E-state index contributed by atoms with van der Waals surface area (Å²) in [6, 6.07) is 40.1. The van der Waals surface area contributed by atoms with Gasteiger partial charge in [-0.25, -0.2) is 83.5 Å². The van der Waals surface area contributed by atoms with Gasteiger partial charge in [0.2, 0.25) is 23.8 Å². The molecular formula is C91H104BrCl3N15O25+. The van der Waals surface area contributed by atoms with Crippen LogP contribution >= 0.6 is 50.7 Å². The van der Waals surface area contributed by atoms with E-state index in [9.17, 15) is 53.2 Å². The predicted octanol–water partition coefficient (Wildman–Crippen LogP) is 12.2. The highest BCUT2D eigenvalue weighted by Gasteiger charge is 2.27. The normalized spacial score (nSPS) is 11.7. The first-order valence-electron chi connectivity index (χ1n) is 40.9. The first-order chi connectivity index (χ1) is 64.6. The van der Waals surface area contributed by atoms with Gasteiger partial charge in [0.15, 0.2) is 11.4 Å². The average Bonchev–Trinajstić information content (AvgIpc) is 1.77. The van der Waals surface area contributed by atoms with E-state index >= 15 is 0 Å². The molecule has 11 heterocycles. The van der Waals surface area contributed by atoms with Crippen LogP contribution in [-0.2, 0) is 64.7 Å². The summed E-state index contributed by atoms with van der Waals surface area (Å²) >= 11 is 20.6. The number of nitrogens with one attached hydrogen (secondary N) is 5. The van der Waals surface area contributed by atoms with Crippen molar-refractivity contribution in [1.82, 2.24) is 60.8 Å². The Balaban J connectivity index is 0.000000243. The number of amides is 5. The lowest BCUT2D eigenvalue weighted by molar-refractivity contribution is -0.906. The zero-order chi connectivity index (χ0) is 99.2. The van der Waals surface area contributed by atoms with E-state index < -0.39 is 47.7 Å². The van der Waals surface area contributed by atoms with Crippen LogP contribution in [0.25, 0.3) is 0 Å². The van der Waals surface area contributed by atoms with Crippen molar-refractivity contribution in [2.24, 2.45) is 0 Å². The van der Waals surface area contributed by atoms with Crippen LogP contribution < -0.4 is 55.2 Å². The zero-order valence-corrected chi connectivity index (χ0v) is 80.0. The molecule has 3 aliphatic rings. The number of pyridine rings is 8. The molecule has 10 aromatic rings. The topological polar surface area (TPSA) is 503 Å². The van der Waals surface area contributed by atoms with E-state index in [2.05, 4.69) is 95.8 Å². The summed E-state index contributed by atoms with van der Waals surface area (Å²) in [6.07, 6.45) is 2.69. The molecule has 5 amide bonds. The van der Waals surface area contributed by atoms with Crippen molar-refractivity contribution < 1.29 is 125 Å². The molecule has 0 saturated heterocycles. The molecule has 0 fully saturated rings. The number of urea groups is 2. The largest absolute Gasteiger partial charge is 0.497 e. The number of esters is 7. The number of nitrogens with zero attached hydrogens (tertiary/aromatic N) is 10. The number of hydrogen-bond acceptors (Lipinski definition) is 34. The standard InChI is InChI=1S/C20H23N3O5.C17H18N4O5.C12H16N2O3.C10H13ClN2O3.C8H7BrClNO2.C8H8ClNO2.C8H10NO3.C8H9NO2/c1-13(2)28-19(24)17-9-4-14-12-23(10-11-27-18(14)22-17)20(25)21-15-5-7-16(26-3)8-6-15;1-25-13-5-3-12(4-6-13)18-17(23)21-8-9-26-16-11(10-21)2-7-14(19-16)15(22)20-24;1-8(2)17-12(15)10-4-3-9-7-13-5-6-16-11(9)14-10;1-16-10(15)8-3-2-7(9(11)13-8)6-12-4-5-14;1-13-8(12)6-3-2-5(4-9)7(10)11-6;1-5-3-4-6(8(11)12-2)10-7(5)9;1-6-3-4-7(8(10)12-2)9(11)5-6;1-6-3-4-7(9-5-6)8(10)11-2/h4-9,13H,10-12H2,1-3H3,(H,21,25);2-7,24H,8-10H2,1H3,(H,18,23)(H,20,22);3-4,8,13H,5-7H2,1-2H3;2-3,12,14H,4-6H2,1H3;2-3H,4H2,1H3;3-4H,1-2H3;3-5,11H,1-2H3;3-5H,1-2H3/q;;;;;;+1;. The van der Waals surface area contributed by atoms with E-state index in [1.807, 2.05) is 46.8 Å². The minimum atomic E-state index is -0.727. The van der Waals surface area contributed by atoms with E-state index in [0.717, 1.165) is 50.2 Å². The second-order valence-electron chi connectivity index (χ2n) is 28.5. The number of rotatable bonds is 19. The van der Waals surface area contributed by atoms with Crippen molar-refractivity contribution in [3.05, 3.63) is 264 Å². The number of alkyl halides is 1. The Morgan fingerprint density at radius 3 is 1.31 bits per heavy atom. The average molecular weight is 1990 g/mol. The number of aromatic nitrogens is 8. The molecule has 13 rings (SSSR count). The van der Waals surface area contributed by atoms with Crippen LogP contribution in [0.4, 0.5) is 21.0 Å². The van der Waals surface area contributed by atoms with E-state index in [1.165, 1.54) is 59.4 Å². The highest BCUT2D eigenvalue weighted by molar-refractivity contribution is 9.08. The number of carbonyl (C=O) groups excluding carboxylic acids is 10. The molecule has 135 heavy (non-hydrogen) atoms. The predicted molar refractivity (Wildman–Crippen MR) is 494 cm³/mol. The molecule has 0 radical (unpaired) electrons. The minimum absolute atomic E-state index is 0.0300. The van der Waals surface area contributed by atoms with Crippen LogP contribution in [0, 0.1) is 20.8 Å². The fourth-order valence-corrected chi connectivity index (χ4v) is 12.1. The van der Waals surface area contributed by atoms with Gasteiger partial charge in [0.05, 0.1) is 94.8 Å². The molecule has 8 N–H and O–H groups in total. The van der Waals surface area contributed by atoms with E-state index in [4.69, 9.17) is 78.3 Å². The number of ether oxygens (including phenoxy) is 12. The van der Waals surface area contributed by atoms with E-state index in [0.29, 0.717) is 113 Å². The third kappa shape index (κ3) is 36.4. The summed E-state index contributed by atoms with van der Waals surface area (Å²) in [6.45, 7) is 17.7. The second kappa shape index (κ2) is 57.4. The molecule has 40 nitrogen and oxygen atoms in total. The number of anilines is 2. The van der Waals surface area contributed by atoms with Gasteiger partial charge in [-0.3, -0.25) is 15.2 Å². The van der Waals surface area contributed by atoms with Gasteiger partial charge in [0.1, 0.15) is 75.2 Å². The summed E-state index contributed by atoms with van der Waals surface area (Å²) in [5.41, 5.74) is 11.1. The Kier molecular flexibility index (Phi) is 46.6. The van der Waals surface area contributed by atoms with Crippen LogP contribution in [0.3, 0.4) is 0 Å². The molecule has 0 saturated carbocycles. The lowest BCUT2D eigenvalue weighted by atomic mass is 10.2. The van der Waals surface area contributed by atoms with Crippen LogP contribution in [0.5, 0.6) is 29.1 Å². The maximum Gasteiger partial charge on any atom is 0.408 e. The number of aliphatic hydroxyl groups is 1. The van der Waals surface area contributed by atoms with Gasteiger partial charge in [0.25, 0.3) is 5.91 Å². The molecule has 0 spiro atoms. The van der Waals surface area contributed by atoms with E-state index in [-0.39, 0.29) is 95.8 Å². The zero-order valence-electron chi connectivity index (χ0n) is 76.2. The van der Waals surface area contributed by atoms with Crippen molar-refractivity contribution in [2.75, 3.05) is 113 Å². The minimum Gasteiger partial charge on any atom is -0.497 e. The Morgan fingerprint density at radius 1 is 0.481 bits per heavy atom. The SMILES string of the molecule is CC(C)OC(=O)c1ccc2c(n1)OCCNC2.COC(=O)c1ccc(C)c(Cl)n1.COC(=O)c1ccc(C)c[n+]1O.COC(=O)c1ccc(C)cn1.COC(=O)c1ccc(CBr)c(Cl)n1.COC(=O)c1ccc(CNCCO)c(Cl)n1.COc1ccc(NC(=O)N2CCOc3nc(C(=O)NO)ccc3C2)cc1.COc1ccc(NC(=O)N2CCOc3nc(C(=O)OC(C)C)ccc3C2)cc1. The second-order valence-corrected chi connectivity index (χ2v) is 30.1. The van der Waals surface area contributed by atoms with Crippen LogP contribution in [0.2, 0.25) is 15.5 Å². The molecular weight excluding hydrogens is 1890 g/mol. The fraction of sp³-hybridized carbons (Fsp3) is 0.319. The number of fused-ring (bicyclic) bond motifs is 3. The summed E-state index contributed by atoms with van der Waals surface area (Å²) in [4.78, 5) is 146. The molecule has 0 unspecified atom stereocenters. The van der Waals surface area contributed by atoms with Gasteiger partial charge in [-0.15, -0.1) is 0 Å². The molecule has 0 aliphatic carbocycles. The number of methoxy groups -OCH3 is 7. The molecule has 2 aromatic carbocycles. The molecule has 8 aromatic heterocycles. The molecule has 44 heteroatoms. The van der Waals surface area contributed by atoms with Gasteiger partial charge in [-0.2, -0.15) is 0 Å². The van der Waals surface area contributed by atoms with Gasteiger partial charge >= 0.3 is 59.5 Å². The first-order valence-corrected chi connectivity index (χ1v) is 43.1. The Bertz CT molecular complexity index is 5640. The third-order valence-electron chi connectivity index (χ3n) is 17.9. The van der Waals surface area contributed by atoms with Crippen molar-refractivity contribution in [2.45, 2.75) is 92.2 Å². The van der Waals surface area contributed by atoms with Crippen molar-refractivity contribution in [1.29, 1.82) is 0 Å². The Hall–Kier alpha value is -14.1.